The molecule has 27 heavy (non-hydrogen) atoms. The number of fused-ring (bicyclic) bond motifs is 1. The Morgan fingerprint density at radius 2 is 1.89 bits per heavy atom. The summed E-state index contributed by atoms with van der Waals surface area (Å²) in [5.74, 6) is 0.0514. The second kappa shape index (κ2) is 8.48. The molecule has 0 spiro atoms. The SMILES string of the molecule is O=C(CN1C(=O)/C(=C/c2ccccc2)SC2CCCCC21)N1CCOCC1. The molecule has 3 aliphatic rings. The minimum absolute atomic E-state index is 0.00797. The van der Waals surface area contributed by atoms with Gasteiger partial charge in [-0.15, -0.1) is 11.8 Å². The summed E-state index contributed by atoms with van der Waals surface area (Å²) in [4.78, 5) is 30.5. The standard InChI is InChI=1S/C21H26N2O3S/c24-20(22-10-12-26-13-11-22)15-23-17-8-4-5-9-18(17)27-19(21(23)25)14-16-6-2-1-3-7-16/h1-3,6-7,14,17-18H,4-5,8-13,15H2/b19-14-. The molecule has 1 aliphatic carbocycles. The maximum atomic E-state index is 13.2. The van der Waals surface area contributed by atoms with Crippen LogP contribution in [0.2, 0.25) is 0 Å². The zero-order valence-corrected chi connectivity index (χ0v) is 16.3. The summed E-state index contributed by atoms with van der Waals surface area (Å²) in [6, 6.07) is 10.1. The molecule has 0 N–H and O–H groups in total. The monoisotopic (exact) mass is 386 g/mol. The minimum Gasteiger partial charge on any atom is -0.378 e. The van der Waals surface area contributed by atoms with E-state index in [-0.39, 0.29) is 24.4 Å². The maximum absolute atomic E-state index is 13.2. The molecule has 0 radical (unpaired) electrons. The van der Waals surface area contributed by atoms with Crippen molar-refractivity contribution in [2.75, 3.05) is 32.8 Å². The molecule has 2 unspecified atom stereocenters. The first-order valence-corrected chi connectivity index (χ1v) is 10.7. The van der Waals surface area contributed by atoms with E-state index in [0.29, 0.717) is 31.6 Å². The topological polar surface area (TPSA) is 49.9 Å². The van der Waals surface area contributed by atoms with Gasteiger partial charge in [-0.2, -0.15) is 0 Å². The molecule has 2 aliphatic heterocycles. The molecule has 144 valence electrons. The molecular weight excluding hydrogens is 360 g/mol. The summed E-state index contributed by atoms with van der Waals surface area (Å²) in [6.07, 6.45) is 6.42. The minimum atomic E-state index is 0.00797. The number of rotatable bonds is 3. The lowest BCUT2D eigenvalue weighted by molar-refractivity contribution is -0.143. The number of hydrogen-bond acceptors (Lipinski definition) is 4. The second-order valence-corrected chi connectivity index (χ2v) is 8.63. The average Bonchev–Trinajstić information content (AvgIpc) is 2.72. The van der Waals surface area contributed by atoms with Crippen LogP contribution in [0.15, 0.2) is 35.2 Å². The van der Waals surface area contributed by atoms with Crippen molar-refractivity contribution in [3.63, 3.8) is 0 Å². The first-order valence-electron chi connectivity index (χ1n) is 9.82. The molecule has 2 amide bonds. The van der Waals surface area contributed by atoms with Gasteiger partial charge in [0.2, 0.25) is 5.91 Å². The largest absolute Gasteiger partial charge is 0.378 e. The number of hydrogen-bond donors (Lipinski definition) is 0. The number of thioether (sulfide) groups is 1. The maximum Gasteiger partial charge on any atom is 0.261 e. The van der Waals surface area contributed by atoms with Crippen LogP contribution in [0.1, 0.15) is 31.2 Å². The molecule has 2 atom stereocenters. The van der Waals surface area contributed by atoms with Crippen LogP contribution in [0.3, 0.4) is 0 Å². The summed E-state index contributed by atoms with van der Waals surface area (Å²) in [5.41, 5.74) is 1.03. The lowest BCUT2D eigenvalue weighted by Gasteiger charge is -2.44. The van der Waals surface area contributed by atoms with Crippen molar-refractivity contribution in [3.05, 3.63) is 40.8 Å². The highest BCUT2D eigenvalue weighted by Crippen LogP contribution is 2.42. The number of carbonyl (C=O) groups is 2. The summed E-state index contributed by atoms with van der Waals surface area (Å²) >= 11 is 1.71. The van der Waals surface area contributed by atoms with Crippen LogP contribution in [0.4, 0.5) is 0 Å². The third kappa shape index (κ3) is 4.22. The summed E-state index contributed by atoms with van der Waals surface area (Å²) in [5, 5.41) is 0.393. The van der Waals surface area contributed by atoms with Crippen molar-refractivity contribution in [2.24, 2.45) is 0 Å². The van der Waals surface area contributed by atoms with Crippen molar-refractivity contribution in [1.82, 2.24) is 9.80 Å². The average molecular weight is 387 g/mol. The van der Waals surface area contributed by atoms with Crippen LogP contribution >= 0.6 is 11.8 Å². The predicted octanol–water partition coefficient (Wildman–Crippen LogP) is 2.77. The number of carbonyl (C=O) groups excluding carboxylic acids is 2. The fourth-order valence-corrected chi connectivity index (χ4v) is 5.59. The Labute approximate surface area is 164 Å². The molecule has 3 fully saturated rings. The van der Waals surface area contributed by atoms with Gasteiger partial charge in [-0.05, 0) is 24.5 Å². The summed E-state index contributed by atoms with van der Waals surface area (Å²) < 4.78 is 5.34. The van der Waals surface area contributed by atoms with Crippen LogP contribution < -0.4 is 0 Å². The van der Waals surface area contributed by atoms with Gasteiger partial charge in [0.25, 0.3) is 5.91 Å². The molecule has 2 heterocycles. The Morgan fingerprint density at radius 3 is 2.67 bits per heavy atom. The van der Waals surface area contributed by atoms with Crippen LogP contribution in [0, 0.1) is 0 Å². The number of morpholine rings is 1. The zero-order valence-electron chi connectivity index (χ0n) is 15.5. The highest BCUT2D eigenvalue weighted by Gasteiger charge is 2.41. The van der Waals surface area contributed by atoms with Gasteiger partial charge in [0.1, 0.15) is 6.54 Å². The lowest BCUT2D eigenvalue weighted by atomic mass is 9.93. The van der Waals surface area contributed by atoms with Gasteiger partial charge in [0.15, 0.2) is 0 Å². The summed E-state index contributed by atoms with van der Waals surface area (Å²) in [7, 11) is 0. The Morgan fingerprint density at radius 1 is 1.15 bits per heavy atom. The molecule has 4 rings (SSSR count). The fourth-order valence-electron chi connectivity index (χ4n) is 4.12. The van der Waals surface area contributed by atoms with Crippen molar-refractivity contribution < 1.29 is 14.3 Å². The van der Waals surface area contributed by atoms with Crippen LogP contribution in [0.5, 0.6) is 0 Å². The predicted molar refractivity (Wildman–Crippen MR) is 107 cm³/mol. The summed E-state index contributed by atoms with van der Waals surface area (Å²) in [6.45, 7) is 2.60. The molecule has 2 saturated heterocycles. The normalized spacial score (nSPS) is 27.6. The van der Waals surface area contributed by atoms with E-state index in [1.54, 1.807) is 11.8 Å². The van der Waals surface area contributed by atoms with Gasteiger partial charge in [0, 0.05) is 24.4 Å². The molecule has 0 bridgehead atoms. The molecule has 0 aromatic heterocycles. The lowest BCUT2D eigenvalue weighted by Crippen LogP contribution is -2.55. The Hall–Kier alpha value is -1.79. The van der Waals surface area contributed by atoms with Crippen LogP contribution in [-0.2, 0) is 14.3 Å². The van der Waals surface area contributed by atoms with Gasteiger partial charge in [0.05, 0.1) is 18.1 Å². The van der Waals surface area contributed by atoms with Gasteiger partial charge >= 0.3 is 0 Å². The van der Waals surface area contributed by atoms with Crippen LogP contribution in [-0.4, -0.2) is 65.8 Å². The molecule has 6 heteroatoms. The zero-order chi connectivity index (χ0) is 18.6. The van der Waals surface area contributed by atoms with Gasteiger partial charge < -0.3 is 14.5 Å². The number of amides is 2. The molecule has 1 saturated carbocycles. The Bertz CT molecular complexity index is 715. The van der Waals surface area contributed by atoms with E-state index in [1.807, 2.05) is 46.2 Å². The number of ether oxygens (including phenoxy) is 1. The second-order valence-electron chi connectivity index (χ2n) is 7.35. The van der Waals surface area contributed by atoms with Crippen molar-refractivity contribution in [3.8, 4) is 0 Å². The van der Waals surface area contributed by atoms with E-state index in [4.69, 9.17) is 4.74 Å². The Kier molecular flexibility index (Phi) is 5.83. The highest BCUT2D eigenvalue weighted by molar-refractivity contribution is 8.04. The first-order chi connectivity index (χ1) is 13.2. The van der Waals surface area contributed by atoms with E-state index in [9.17, 15) is 9.59 Å². The van der Waals surface area contributed by atoms with Gasteiger partial charge in [-0.1, -0.05) is 43.2 Å². The van der Waals surface area contributed by atoms with E-state index >= 15 is 0 Å². The van der Waals surface area contributed by atoms with E-state index in [1.165, 1.54) is 6.42 Å². The van der Waals surface area contributed by atoms with Crippen molar-refractivity contribution >= 4 is 29.7 Å². The highest BCUT2D eigenvalue weighted by atomic mass is 32.2. The smallest absolute Gasteiger partial charge is 0.261 e. The third-order valence-corrected chi connectivity index (χ3v) is 6.98. The Balaban J connectivity index is 1.55. The quantitative estimate of drug-likeness (QED) is 0.750. The number of benzene rings is 1. The van der Waals surface area contributed by atoms with Crippen molar-refractivity contribution in [1.29, 1.82) is 0 Å². The van der Waals surface area contributed by atoms with Gasteiger partial charge in [-0.3, -0.25) is 9.59 Å². The molecule has 5 nitrogen and oxygen atoms in total. The molecular formula is C21H26N2O3S. The van der Waals surface area contributed by atoms with E-state index < -0.39 is 0 Å². The van der Waals surface area contributed by atoms with Gasteiger partial charge in [-0.25, -0.2) is 0 Å². The molecule has 1 aromatic rings. The van der Waals surface area contributed by atoms with E-state index in [0.717, 1.165) is 29.7 Å². The first kappa shape index (κ1) is 18.6. The van der Waals surface area contributed by atoms with Crippen LogP contribution in [0.25, 0.3) is 6.08 Å². The van der Waals surface area contributed by atoms with Crippen molar-refractivity contribution in [2.45, 2.75) is 37.0 Å². The molecule has 1 aromatic carbocycles. The third-order valence-electron chi connectivity index (χ3n) is 5.58. The fraction of sp³-hybridized carbons (Fsp3) is 0.524. The van der Waals surface area contributed by atoms with E-state index in [2.05, 4.69) is 0 Å². The number of nitrogens with zero attached hydrogens (tertiary/aromatic N) is 2.